The molecule has 100 valence electrons. The summed E-state index contributed by atoms with van der Waals surface area (Å²) in [6.07, 6.45) is 3.72. The Hall–Kier alpha value is -2.14. The van der Waals surface area contributed by atoms with Crippen LogP contribution in [0, 0.1) is 0 Å². The molecule has 0 fully saturated rings. The van der Waals surface area contributed by atoms with Crippen LogP contribution in [-0.2, 0) is 6.54 Å². The Morgan fingerprint density at radius 3 is 2.20 bits per heavy atom. The highest BCUT2D eigenvalue weighted by Crippen LogP contribution is 2.24. The predicted octanol–water partition coefficient (Wildman–Crippen LogP) is 2.60. The first-order chi connectivity index (χ1) is 9.70. The number of benzene rings is 1. The van der Waals surface area contributed by atoms with E-state index < -0.39 is 0 Å². The van der Waals surface area contributed by atoms with Gasteiger partial charge in [0.1, 0.15) is 0 Å². The summed E-state index contributed by atoms with van der Waals surface area (Å²) in [7, 11) is 0. The second-order valence-corrected chi connectivity index (χ2v) is 5.31. The number of hydrogen-bond acceptors (Lipinski definition) is 4. The van der Waals surface area contributed by atoms with Crippen LogP contribution in [0.3, 0.4) is 0 Å². The summed E-state index contributed by atoms with van der Waals surface area (Å²) >= 11 is 1.60. The Morgan fingerprint density at radius 2 is 1.70 bits per heavy atom. The Bertz CT molecular complexity index is 648. The van der Waals surface area contributed by atoms with E-state index in [0.29, 0.717) is 16.8 Å². The summed E-state index contributed by atoms with van der Waals surface area (Å²) in [4.78, 5) is 31.0. The van der Waals surface area contributed by atoms with Gasteiger partial charge in [-0.1, -0.05) is 12.1 Å². The minimum absolute atomic E-state index is 0.209. The molecule has 0 aliphatic carbocycles. The summed E-state index contributed by atoms with van der Waals surface area (Å²) < 4.78 is 0. The zero-order valence-electron chi connectivity index (χ0n) is 10.9. The number of pyridine rings is 1. The van der Waals surface area contributed by atoms with Gasteiger partial charge >= 0.3 is 0 Å². The van der Waals surface area contributed by atoms with E-state index in [1.54, 1.807) is 42.2 Å². The van der Waals surface area contributed by atoms with Gasteiger partial charge in [0.15, 0.2) is 0 Å². The molecule has 2 aromatic rings. The Morgan fingerprint density at radius 1 is 1.05 bits per heavy atom. The van der Waals surface area contributed by atoms with E-state index in [1.807, 2.05) is 18.4 Å². The number of hydrogen-bond donors (Lipinski definition) is 0. The van der Waals surface area contributed by atoms with Gasteiger partial charge in [-0.2, -0.15) is 0 Å². The van der Waals surface area contributed by atoms with Gasteiger partial charge < -0.3 is 0 Å². The van der Waals surface area contributed by atoms with E-state index >= 15 is 0 Å². The van der Waals surface area contributed by atoms with E-state index in [0.717, 1.165) is 4.90 Å². The molecule has 5 heteroatoms. The van der Waals surface area contributed by atoms with Crippen molar-refractivity contribution in [1.29, 1.82) is 0 Å². The van der Waals surface area contributed by atoms with Crippen LogP contribution in [0.15, 0.2) is 47.5 Å². The smallest absolute Gasteiger partial charge is 0.261 e. The summed E-state index contributed by atoms with van der Waals surface area (Å²) in [5.74, 6) is -0.498. The molecule has 2 amide bonds. The van der Waals surface area contributed by atoms with Crippen LogP contribution in [0.25, 0.3) is 0 Å². The van der Waals surface area contributed by atoms with Crippen molar-refractivity contribution in [2.24, 2.45) is 0 Å². The third-order valence-corrected chi connectivity index (χ3v) is 3.94. The summed E-state index contributed by atoms with van der Waals surface area (Å²) in [5.41, 5.74) is 1.65. The van der Waals surface area contributed by atoms with E-state index in [9.17, 15) is 9.59 Å². The zero-order chi connectivity index (χ0) is 14.1. The molecule has 0 bridgehead atoms. The topological polar surface area (TPSA) is 50.3 Å². The average molecular weight is 284 g/mol. The number of imide groups is 1. The van der Waals surface area contributed by atoms with E-state index in [2.05, 4.69) is 4.98 Å². The zero-order valence-corrected chi connectivity index (χ0v) is 11.7. The molecule has 0 atom stereocenters. The lowest BCUT2D eigenvalue weighted by atomic mass is 10.1. The first-order valence-electron chi connectivity index (χ1n) is 6.15. The SMILES string of the molecule is CSc1ccc(CN2C(=O)c3ccccc3C2=O)nc1. The molecule has 20 heavy (non-hydrogen) atoms. The lowest BCUT2D eigenvalue weighted by Gasteiger charge is -2.13. The molecule has 2 heterocycles. The number of rotatable bonds is 3. The molecule has 1 aromatic carbocycles. The Kier molecular flexibility index (Phi) is 3.28. The maximum absolute atomic E-state index is 12.2. The van der Waals surface area contributed by atoms with Crippen molar-refractivity contribution in [3.8, 4) is 0 Å². The van der Waals surface area contributed by atoms with Crippen molar-refractivity contribution < 1.29 is 9.59 Å². The van der Waals surface area contributed by atoms with Gasteiger partial charge in [-0.05, 0) is 30.5 Å². The first kappa shape index (κ1) is 12.9. The van der Waals surface area contributed by atoms with Crippen LogP contribution >= 0.6 is 11.8 Å². The minimum atomic E-state index is -0.249. The van der Waals surface area contributed by atoms with Crippen LogP contribution in [0.5, 0.6) is 0 Å². The molecule has 4 nitrogen and oxygen atoms in total. The van der Waals surface area contributed by atoms with Crippen LogP contribution in [-0.4, -0.2) is 28.0 Å². The first-order valence-corrected chi connectivity index (χ1v) is 7.37. The Balaban J connectivity index is 1.85. The highest BCUT2D eigenvalue weighted by Gasteiger charge is 2.35. The molecule has 0 unspecified atom stereocenters. The number of thioether (sulfide) groups is 1. The quantitative estimate of drug-likeness (QED) is 0.642. The van der Waals surface area contributed by atoms with Crippen LogP contribution in [0.2, 0.25) is 0 Å². The molecule has 0 saturated carbocycles. The molecule has 0 saturated heterocycles. The fourth-order valence-electron chi connectivity index (χ4n) is 2.17. The average Bonchev–Trinajstić information content (AvgIpc) is 2.74. The second kappa shape index (κ2) is 5.09. The normalized spacial score (nSPS) is 13.8. The minimum Gasteiger partial charge on any atom is -0.269 e. The number of fused-ring (bicyclic) bond motifs is 1. The monoisotopic (exact) mass is 284 g/mol. The van der Waals surface area contributed by atoms with Crippen LogP contribution in [0.4, 0.5) is 0 Å². The third-order valence-electron chi connectivity index (χ3n) is 3.23. The molecule has 1 aromatic heterocycles. The standard InChI is InChI=1S/C15H12N2O2S/c1-20-11-7-6-10(16-8-11)9-17-14(18)12-4-2-3-5-13(12)15(17)19/h2-8H,9H2,1H3. The van der Waals surface area contributed by atoms with Crippen molar-refractivity contribution in [2.45, 2.75) is 11.4 Å². The van der Waals surface area contributed by atoms with Crippen molar-refractivity contribution in [3.05, 3.63) is 59.4 Å². The van der Waals surface area contributed by atoms with Gasteiger partial charge in [-0.15, -0.1) is 11.8 Å². The van der Waals surface area contributed by atoms with E-state index in [1.165, 1.54) is 4.90 Å². The van der Waals surface area contributed by atoms with Gasteiger partial charge in [0.25, 0.3) is 11.8 Å². The number of nitrogens with zero attached hydrogens (tertiary/aromatic N) is 2. The molecular formula is C15H12N2O2S. The Labute approximate surface area is 120 Å². The van der Waals surface area contributed by atoms with Gasteiger partial charge in [-0.3, -0.25) is 19.5 Å². The number of aromatic nitrogens is 1. The second-order valence-electron chi connectivity index (χ2n) is 4.43. The highest BCUT2D eigenvalue weighted by atomic mass is 32.2. The summed E-state index contributed by atoms with van der Waals surface area (Å²) in [6.45, 7) is 0.209. The van der Waals surface area contributed by atoms with Crippen molar-refractivity contribution >= 4 is 23.6 Å². The van der Waals surface area contributed by atoms with Crippen molar-refractivity contribution in [3.63, 3.8) is 0 Å². The molecule has 0 radical (unpaired) electrons. The van der Waals surface area contributed by atoms with Gasteiger partial charge in [0.05, 0.1) is 23.4 Å². The fourth-order valence-corrected chi connectivity index (χ4v) is 2.53. The number of carbonyl (C=O) groups excluding carboxylic acids is 2. The summed E-state index contributed by atoms with van der Waals surface area (Å²) in [5, 5.41) is 0. The largest absolute Gasteiger partial charge is 0.269 e. The van der Waals surface area contributed by atoms with Crippen LogP contribution in [0.1, 0.15) is 26.4 Å². The maximum atomic E-state index is 12.2. The van der Waals surface area contributed by atoms with E-state index in [4.69, 9.17) is 0 Å². The fraction of sp³-hybridized carbons (Fsp3) is 0.133. The van der Waals surface area contributed by atoms with Gasteiger partial charge in [0.2, 0.25) is 0 Å². The molecule has 1 aliphatic heterocycles. The lowest BCUT2D eigenvalue weighted by Crippen LogP contribution is -2.29. The van der Waals surface area contributed by atoms with Gasteiger partial charge in [0, 0.05) is 11.1 Å². The van der Waals surface area contributed by atoms with Crippen LogP contribution < -0.4 is 0 Å². The number of carbonyl (C=O) groups is 2. The molecule has 0 N–H and O–H groups in total. The maximum Gasteiger partial charge on any atom is 0.261 e. The highest BCUT2D eigenvalue weighted by molar-refractivity contribution is 7.98. The van der Waals surface area contributed by atoms with E-state index in [-0.39, 0.29) is 18.4 Å². The summed E-state index contributed by atoms with van der Waals surface area (Å²) in [6, 6.07) is 10.7. The molecule has 3 rings (SSSR count). The molecule has 1 aliphatic rings. The predicted molar refractivity (Wildman–Crippen MR) is 76.7 cm³/mol. The number of amides is 2. The van der Waals surface area contributed by atoms with Gasteiger partial charge in [-0.25, -0.2) is 0 Å². The lowest BCUT2D eigenvalue weighted by molar-refractivity contribution is 0.0640. The molecular weight excluding hydrogens is 272 g/mol. The molecule has 0 spiro atoms. The van der Waals surface area contributed by atoms with Crippen molar-refractivity contribution in [2.75, 3.05) is 6.26 Å². The third kappa shape index (κ3) is 2.10. The van der Waals surface area contributed by atoms with Crippen molar-refractivity contribution in [1.82, 2.24) is 9.88 Å².